The highest BCUT2D eigenvalue weighted by Gasteiger charge is 2.20. The second kappa shape index (κ2) is 7.48. The Balaban J connectivity index is 1.71. The molecule has 0 saturated heterocycles. The third-order valence-corrected chi connectivity index (χ3v) is 4.79. The molecule has 6 nitrogen and oxygen atoms in total. The zero-order chi connectivity index (χ0) is 17.8. The van der Waals surface area contributed by atoms with Gasteiger partial charge < -0.3 is 14.7 Å². The number of hydrogen-bond acceptors (Lipinski definition) is 6. The molecule has 0 fully saturated rings. The first-order chi connectivity index (χ1) is 12.1. The summed E-state index contributed by atoms with van der Waals surface area (Å²) in [5.74, 6) is 0.628. The predicted molar refractivity (Wildman–Crippen MR) is 98.8 cm³/mol. The van der Waals surface area contributed by atoms with Crippen molar-refractivity contribution in [3.8, 4) is 11.3 Å². The van der Waals surface area contributed by atoms with E-state index in [0.717, 1.165) is 22.9 Å². The minimum absolute atomic E-state index is 0.0663. The Morgan fingerprint density at radius 3 is 2.80 bits per heavy atom. The van der Waals surface area contributed by atoms with Crippen molar-refractivity contribution in [1.29, 1.82) is 0 Å². The lowest BCUT2D eigenvalue weighted by Crippen LogP contribution is -2.26. The van der Waals surface area contributed by atoms with E-state index >= 15 is 0 Å². The standard InChI is InChI=1S/C18H20N4O2S/c1-4-19-18-20-12(2)16(25-18)17(23)22(3)11-14-10-15(24-21-14)13-8-6-5-7-9-13/h5-10H,4,11H2,1-3H3,(H,19,20). The van der Waals surface area contributed by atoms with Gasteiger partial charge in [-0.1, -0.05) is 46.8 Å². The second-order valence-electron chi connectivity index (χ2n) is 5.67. The van der Waals surface area contributed by atoms with Crippen molar-refractivity contribution in [3.63, 3.8) is 0 Å². The maximum Gasteiger partial charge on any atom is 0.266 e. The Labute approximate surface area is 150 Å². The molecule has 0 unspecified atom stereocenters. The average molecular weight is 356 g/mol. The smallest absolute Gasteiger partial charge is 0.266 e. The molecule has 0 spiro atoms. The first-order valence-corrected chi connectivity index (χ1v) is 8.88. The monoisotopic (exact) mass is 356 g/mol. The molecule has 1 N–H and O–H groups in total. The quantitative estimate of drug-likeness (QED) is 0.727. The van der Waals surface area contributed by atoms with Gasteiger partial charge in [-0.2, -0.15) is 0 Å². The van der Waals surface area contributed by atoms with Gasteiger partial charge in [-0.25, -0.2) is 4.98 Å². The minimum Gasteiger partial charge on any atom is -0.362 e. The summed E-state index contributed by atoms with van der Waals surface area (Å²) < 4.78 is 5.39. The van der Waals surface area contributed by atoms with E-state index in [4.69, 9.17) is 4.52 Å². The number of hydrogen-bond donors (Lipinski definition) is 1. The number of anilines is 1. The molecule has 0 atom stereocenters. The highest BCUT2D eigenvalue weighted by Crippen LogP contribution is 2.25. The molecular formula is C18H20N4O2S. The number of amides is 1. The highest BCUT2D eigenvalue weighted by atomic mass is 32.1. The van der Waals surface area contributed by atoms with Crippen LogP contribution in [-0.2, 0) is 6.54 Å². The molecule has 3 rings (SSSR count). The molecule has 2 aromatic heterocycles. The Morgan fingerprint density at radius 1 is 1.32 bits per heavy atom. The zero-order valence-electron chi connectivity index (χ0n) is 14.4. The zero-order valence-corrected chi connectivity index (χ0v) is 15.3. The number of nitrogens with one attached hydrogen (secondary N) is 1. The lowest BCUT2D eigenvalue weighted by atomic mass is 10.1. The summed E-state index contributed by atoms with van der Waals surface area (Å²) in [6, 6.07) is 11.6. The fraction of sp³-hybridized carbons (Fsp3) is 0.278. The molecule has 0 saturated carbocycles. The number of thiazole rings is 1. The van der Waals surface area contributed by atoms with Crippen LogP contribution in [0.15, 0.2) is 40.9 Å². The van der Waals surface area contributed by atoms with Crippen molar-refractivity contribution in [2.45, 2.75) is 20.4 Å². The van der Waals surface area contributed by atoms with Crippen molar-refractivity contribution in [2.75, 3.05) is 18.9 Å². The van der Waals surface area contributed by atoms with Crippen LogP contribution in [0.25, 0.3) is 11.3 Å². The van der Waals surface area contributed by atoms with E-state index in [1.54, 1.807) is 11.9 Å². The maximum absolute atomic E-state index is 12.7. The lowest BCUT2D eigenvalue weighted by Gasteiger charge is -2.14. The molecule has 1 amide bonds. The van der Waals surface area contributed by atoms with Crippen LogP contribution < -0.4 is 5.32 Å². The SMILES string of the molecule is CCNc1nc(C)c(C(=O)N(C)Cc2cc(-c3ccccc3)on2)s1. The lowest BCUT2D eigenvalue weighted by molar-refractivity contribution is 0.0786. The van der Waals surface area contributed by atoms with Crippen molar-refractivity contribution in [1.82, 2.24) is 15.0 Å². The maximum atomic E-state index is 12.7. The number of aromatic nitrogens is 2. The molecular weight excluding hydrogens is 336 g/mol. The molecule has 0 radical (unpaired) electrons. The van der Waals surface area contributed by atoms with Crippen molar-refractivity contribution in [2.24, 2.45) is 0 Å². The molecule has 0 aliphatic rings. The summed E-state index contributed by atoms with van der Waals surface area (Å²) in [4.78, 5) is 19.3. The van der Waals surface area contributed by atoms with Crippen LogP contribution in [0, 0.1) is 6.92 Å². The van der Waals surface area contributed by atoms with Gasteiger partial charge in [-0.15, -0.1) is 0 Å². The predicted octanol–water partition coefficient (Wildman–Crippen LogP) is 3.81. The summed E-state index contributed by atoms with van der Waals surface area (Å²) in [6.45, 7) is 5.00. The fourth-order valence-corrected chi connectivity index (χ4v) is 3.46. The summed E-state index contributed by atoms with van der Waals surface area (Å²) >= 11 is 1.38. The van der Waals surface area contributed by atoms with Crippen molar-refractivity contribution < 1.29 is 9.32 Å². The average Bonchev–Trinajstić information content (AvgIpc) is 3.22. The molecule has 1 aromatic carbocycles. The van der Waals surface area contributed by atoms with Gasteiger partial charge >= 0.3 is 0 Å². The summed E-state index contributed by atoms with van der Waals surface area (Å²) in [5.41, 5.74) is 2.41. The van der Waals surface area contributed by atoms with E-state index in [1.807, 2.05) is 50.2 Å². The van der Waals surface area contributed by atoms with E-state index < -0.39 is 0 Å². The Hall–Kier alpha value is -2.67. The van der Waals surface area contributed by atoms with Gasteiger partial charge in [0.05, 0.1) is 12.2 Å². The third-order valence-electron chi connectivity index (χ3n) is 3.68. The molecule has 7 heteroatoms. The van der Waals surface area contributed by atoms with Crippen LogP contribution in [0.2, 0.25) is 0 Å². The number of carbonyl (C=O) groups excluding carboxylic acids is 1. The third kappa shape index (κ3) is 3.88. The van der Waals surface area contributed by atoms with Gasteiger partial charge in [0.2, 0.25) is 0 Å². The minimum atomic E-state index is -0.0663. The number of nitrogens with zero attached hydrogens (tertiary/aromatic N) is 3. The van der Waals surface area contributed by atoms with Gasteiger partial charge in [0.15, 0.2) is 10.9 Å². The van der Waals surface area contributed by atoms with Gasteiger partial charge in [-0.3, -0.25) is 4.79 Å². The topological polar surface area (TPSA) is 71.3 Å². The van der Waals surface area contributed by atoms with E-state index in [-0.39, 0.29) is 5.91 Å². The Morgan fingerprint density at radius 2 is 2.08 bits per heavy atom. The largest absolute Gasteiger partial charge is 0.362 e. The summed E-state index contributed by atoms with van der Waals surface area (Å²) in [6.07, 6.45) is 0. The van der Waals surface area contributed by atoms with Gasteiger partial charge in [-0.05, 0) is 13.8 Å². The van der Waals surface area contributed by atoms with E-state index in [0.29, 0.717) is 22.9 Å². The Kier molecular flexibility index (Phi) is 5.14. The summed E-state index contributed by atoms with van der Waals surface area (Å²) in [7, 11) is 1.76. The van der Waals surface area contributed by atoms with Crippen molar-refractivity contribution >= 4 is 22.4 Å². The van der Waals surface area contributed by atoms with E-state index in [9.17, 15) is 4.79 Å². The molecule has 25 heavy (non-hydrogen) atoms. The first kappa shape index (κ1) is 17.2. The molecule has 2 heterocycles. The van der Waals surface area contributed by atoms with Crippen LogP contribution in [0.3, 0.4) is 0 Å². The van der Waals surface area contributed by atoms with E-state index in [1.165, 1.54) is 11.3 Å². The van der Waals surface area contributed by atoms with Gasteiger partial charge in [0.1, 0.15) is 10.6 Å². The summed E-state index contributed by atoms with van der Waals surface area (Å²) in [5, 5.41) is 7.98. The number of carbonyl (C=O) groups is 1. The highest BCUT2D eigenvalue weighted by molar-refractivity contribution is 7.17. The molecule has 3 aromatic rings. The normalized spacial score (nSPS) is 10.7. The molecule has 0 aliphatic heterocycles. The van der Waals surface area contributed by atoms with Crippen LogP contribution in [0.4, 0.5) is 5.13 Å². The molecule has 130 valence electrons. The van der Waals surface area contributed by atoms with Gasteiger partial charge in [0, 0.05) is 25.2 Å². The number of aryl methyl sites for hydroxylation is 1. The van der Waals surface area contributed by atoms with Crippen molar-refractivity contribution in [3.05, 3.63) is 52.7 Å². The van der Waals surface area contributed by atoms with Crippen LogP contribution >= 0.6 is 11.3 Å². The van der Waals surface area contributed by atoms with Crippen LogP contribution in [0.5, 0.6) is 0 Å². The fourth-order valence-electron chi connectivity index (χ4n) is 2.43. The molecule has 0 bridgehead atoms. The number of rotatable bonds is 6. The van der Waals surface area contributed by atoms with Crippen LogP contribution in [0.1, 0.15) is 28.0 Å². The first-order valence-electron chi connectivity index (χ1n) is 8.06. The van der Waals surface area contributed by atoms with Crippen LogP contribution in [-0.4, -0.2) is 34.5 Å². The van der Waals surface area contributed by atoms with E-state index in [2.05, 4.69) is 15.5 Å². The molecule has 0 aliphatic carbocycles. The number of benzene rings is 1. The van der Waals surface area contributed by atoms with Gasteiger partial charge in [0.25, 0.3) is 5.91 Å². The second-order valence-corrected chi connectivity index (χ2v) is 6.67. The Bertz CT molecular complexity index is 857.